The molecule has 2 heterocycles. The van der Waals surface area contributed by atoms with Gasteiger partial charge < -0.3 is 10.0 Å². The van der Waals surface area contributed by atoms with Crippen LogP contribution in [0.5, 0.6) is 0 Å². The van der Waals surface area contributed by atoms with Crippen molar-refractivity contribution in [3.8, 4) is 0 Å². The molecule has 1 aromatic rings. The lowest BCUT2D eigenvalue weighted by molar-refractivity contribution is -0.385. The van der Waals surface area contributed by atoms with E-state index in [0.717, 1.165) is 19.4 Å². The number of rotatable bonds is 3. The average Bonchev–Trinajstić information content (AvgIpc) is 2.80. The predicted molar refractivity (Wildman–Crippen MR) is 70.8 cm³/mol. The van der Waals surface area contributed by atoms with Crippen molar-refractivity contribution in [3.05, 3.63) is 26.3 Å². The topological polar surface area (TPSA) is 79.5 Å². The average molecular weight is 316 g/mol. The zero-order valence-corrected chi connectivity index (χ0v) is 11.6. The fraction of sp³-hybridized carbons (Fsp3) is 0.545. The number of halogens is 1. The molecule has 1 aliphatic rings. The molecule has 1 atom stereocenters. The van der Waals surface area contributed by atoms with Gasteiger partial charge in [-0.05, 0) is 35.7 Å². The van der Waals surface area contributed by atoms with Crippen LogP contribution in [0.15, 0.2) is 10.7 Å². The largest absolute Gasteiger partial charge is 0.394 e. The fourth-order valence-corrected chi connectivity index (χ4v) is 2.78. The van der Waals surface area contributed by atoms with Gasteiger partial charge in [0.05, 0.1) is 22.0 Å². The zero-order chi connectivity index (χ0) is 13.3. The third-order valence-electron chi connectivity index (χ3n) is 3.28. The van der Waals surface area contributed by atoms with Crippen molar-refractivity contribution in [2.45, 2.75) is 25.8 Å². The van der Waals surface area contributed by atoms with Crippen molar-refractivity contribution in [2.75, 3.05) is 18.1 Å². The summed E-state index contributed by atoms with van der Waals surface area (Å²) in [5.41, 5.74) is 0.568. The highest BCUT2D eigenvalue weighted by atomic mass is 79.9. The van der Waals surface area contributed by atoms with E-state index in [-0.39, 0.29) is 18.3 Å². The normalized spacial score (nSPS) is 19.3. The van der Waals surface area contributed by atoms with Gasteiger partial charge in [-0.3, -0.25) is 10.1 Å². The number of hydrogen-bond donors (Lipinski definition) is 1. The molecule has 98 valence electrons. The highest BCUT2D eigenvalue weighted by Gasteiger charge is 2.28. The number of anilines is 1. The first-order chi connectivity index (χ1) is 8.56. The molecular formula is C11H14BrN3O3. The van der Waals surface area contributed by atoms with Crippen LogP contribution in [0.2, 0.25) is 0 Å². The molecule has 1 aliphatic heterocycles. The van der Waals surface area contributed by atoms with Crippen molar-refractivity contribution in [1.82, 2.24) is 4.98 Å². The molecule has 0 spiro atoms. The quantitative estimate of drug-likeness (QED) is 0.682. The Labute approximate surface area is 113 Å². The zero-order valence-electron chi connectivity index (χ0n) is 9.97. The minimum atomic E-state index is -0.440. The predicted octanol–water partition coefficient (Wildman–Crippen LogP) is 2.02. The maximum absolute atomic E-state index is 10.8. The summed E-state index contributed by atoms with van der Waals surface area (Å²) in [5, 5.41) is 20.1. The molecule has 1 unspecified atom stereocenters. The second-order valence-electron chi connectivity index (χ2n) is 4.34. The van der Waals surface area contributed by atoms with E-state index in [1.807, 2.05) is 4.90 Å². The van der Waals surface area contributed by atoms with Crippen LogP contribution < -0.4 is 4.90 Å². The minimum absolute atomic E-state index is 0.00497. The van der Waals surface area contributed by atoms with E-state index < -0.39 is 4.92 Å². The molecule has 1 saturated heterocycles. The Balaban J connectivity index is 2.41. The molecule has 7 heteroatoms. The molecule has 0 amide bonds. The Morgan fingerprint density at radius 2 is 2.44 bits per heavy atom. The van der Waals surface area contributed by atoms with Gasteiger partial charge in [0.2, 0.25) is 0 Å². The second kappa shape index (κ2) is 5.19. The van der Waals surface area contributed by atoms with Crippen molar-refractivity contribution in [2.24, 2.45) is 0 Å². The van der Waals surface area contributed by atoms with Gasteiger partial charge in [0, 0.05) is 12.1 Å². The molecule has 0 aromatic carbocycles. The molecule has 0 bridgehead atoms. The fourth-order valence-electron chi connectivity index (χ4n) is 2.24. The molecule has 2 rings (SSSR count). The number of nitro groups is 1. The highest BCUT2D eigenvalue weighted by molar-refractivity contribution is 9.10. The summed E-state index contributed by atoms with van der Waals surface area (Å²) >= 11 is 3.38. The molecular weight excluding hydrogens is 302 g/mol. The smallest absolute Gasteiger partial charge is 0.291 e. The van der Waals surface area contributed by atoms with Crippen molar-refractivity contribution in [1.29, 1.82) is 0 Å². The summed E-state index contributed by atoms with van der Waals surface area (Å²) in [7, 11) is 0. The molecule has 0 aliphatic carbocycles. The summed E-state index contributed by atoms with van der Waals surface area (Å²) in [6.45, 7) is 2.58. The van der Waals surface area contributed by atoms with Crippen LogP contribution >= 0.6 is 15.9 Å². The number of nitrogens with zero attached hydrogens (tertiary/aromatic N) is 3. The van der Waals surface area contributed by atoms with Crippen LogP contribution in [0.25, 0.3) is 0 Å². The summed E-state index contributed by atoms with van der Waals surface area (Å²) in [5.74, 6) is 0.676. The monoisotopic (exact) mass is 315 g/mol. The number of aliphatic hydroxyl groups excluding tert-OH is 1. The standard InChI is InChI=1S/C11H14BrN3O3/c1-7-9(15(17)18)5-13-11(10(7)12)14-4-2-3-8(14)6-16/h5,8,16H,2-4,6H2,1H3. The summed E-state index contributed by atoms with van der Waals surface area (Å²) in [4.78, 5) is 16.5. The van der Waals surface area contributed by atoms with E-state index in [0.29, 0.717) is 15.9 Å². The van der Waals surface area contributed by atoms with Gasteiger partial charge in [-0.25, -0.2) is 4.98 Å². The van der Waals surface area contributed by atoms with E-state index >= 15 is 0 Å². The third kappa shape index (κ3) is 2.20. The Hall–Kier alpha value is -1.21. The van der Waals surface area contributed by atoms with Gasteiger partial charge in [-0.15, -0.1) is 0 Å². The van der Waals surface area contributed by atoms with Crippen molar-refractivity contribution in [3.63, 3.8) is 0 Å². The minimum Gasteiger partial charge on any atom is -0.394 e. The Bertz CT molecular complexity index is 481. The molecule has 6 nitrogen and oxygen atoms in total. The van der Waals surface area contributed by atoms with Gasteiger partial charge in [0.1, 0.15) is 12.0 Å². The van der Waals surface area contributed by atoms with Crippen LogP contribution in [0.4, 0.5) is 11.5 Å². The number of aliphatic hydroxyl groups is 1. The molecule has 0 radical (unpaired) electrons. The Kier molecular flexibility index (Phi) is 3.82. The van der Waals surface area contributed by atoms with Crippen molar-refractivity contribution >= 4 is 27.4 Å². The van der Waals surface area contributed by atoms with Crippen LogP contribution in [0, 0.1) is 17.0 Å². The van der Waals surface area contributed by atoms with Gasteiger partial charge in [-0.2, -0.15) is 0 Å². The summed E-state index contributed by atoms with van der Waals surface area (Å²) < 4.78 is 0.636. The number of pyridine rings is 1. The lowest BCUT2D eigenvalue weighted by atomic mass is 10.2. The van der Waals surface area contributed by atoms with Crippen molar-refractivity contribution < 1.29 is 10.0 Å². The maximum atomic E-state index is 10.8. The van der Waals surface area contributed by atoms with E-state index in [4.69, 9.17) is 0 Å². The first kappa shape index (κ1) is 13.2. The van der Waals surface area contributed by atoms with E-state index in [9.17, 15) is 15.2 Å². The highest BCUT2D eigenvalue weighted by Crippen LogP contribution is 2.35. The Morgan fingerprint density at radius 1 is 1.72 bits per heavy atom. The third-order valence-corrected chi connectivity index (χ3v) is 4.22. The summed E-state index contributed by atoms with van der Waals surface area (Å²) in [6, 6.07) is 0.0506. The molecule has 18 heavy (non-hydrogen) atoms. The lowest BCUT2D eigenvalue weighted by Gasteiger charge is -2.25. The first-order valence-corrected chi connectivity index (χ1v) is 6.52. The van der Waals surface area contributed by atoms with Crippen LogP contribution in [-0.2, 0) is 0 Å². The van der Waals surface area contributed by atoms with Gasteiger partial charge in [0.15, 0.2) is 0 Å². The first-order valence-electron chi connectivity index (χ1n) is 5.73. The molecule has 1 fully saturated rings. The van der Waals surface area contributed by atoms with E-state index in [2.05, 4.69) is 20.9 Å². The van der Waals surface area contributed by atoms with Crippen LogP contribution in [0.1, 0.15) is 18.4 Å². The number of aromatic nitrogens is 1. The van der Waals surface area contributed by atoms with E-state index in [1.165, 1.54) is 6.20 Å². The van der Waals surface area contributed by atoms with E-state index in [1.54, 1.807) is 6.92 Å². The number of hydrogen-bond acceptors (Lipinski definition) is 5. The lowest BCUT2D eigenvalue weighted by Crippen LogP contribution is -2.33. The SMILES string of the molecule is Cc1c([N+](=O)[O-])cnc(N2CCCC2CO)c1Br. The van der Waals surface area contributed by atoms with Crippen LogP contribution in [0.3, 0.4) is 0 Å². The molecule has 1 N–H and O–H groups in total. The molecule has 0 saturated carbocycles. The Morgan fingerprint density at radius 3 is 3.06 bits per heavy atom. The maximum Gasteiger partial charge on any atom is 0.291 e. The van der Waals surface area contributed by atoms with Crippen LogP contribution in [-0.4, -0.2) is 34.2 Å². The summed E-state index contributed by atoms with van der Waals surface area (Å²) in [6.07, 6.45) is 3.19. The van der Waals surface area contributed by atoms with Gasteiger partial charge in [0.25, 0.3) is 5.69 Å². The van der Waals surface area contributed by atoms with Gasteiger partial charge >= 0.3 is 0 Å². The molecule has 1 aromatic heterocycles. The van der Waals surface area contributed by atoms with Gasteiger partial charge in [-0.1, -0.05) is 0 Å². The second-order valence-corrected chi connectivity index (χ2v) is 5.13.